The molecule has 0 unspecified atom stereocenters. The van der Waals surface area contributed by atoms with Gasteiger partial charge in [0.05, 0.1) is 0 Å². The van der Waals surface area contributed by atoms with E-state index in [0.29, 0.717) is 12.0 Å². The molecule has 0 atom stereocenters. The normalized spacial score (nSPS) is 12.2. The molecule has 144 valence electrons. The van der Waals surface area contributed by atoms with E-state index in [1.54, 1.807) is 6.07 Å². The highest BCUT2D eigenvalue weighted by Gasteiger charge is 2.24. The molecule has 0 bridgehead atoms. The van der Waals surface area contributed by atoms with E-state index >= 15 is 4.39 Å². The van der Waals surface area contributed by atoms with Crippen LogP contribution in [0, 0.1) is 17.5 Å². The molecule has 1 aliphatic rings. The molecule has 0 spiro atoms. The lowest BCUT2D eigenvalue weighted by atomic mass is 9.97. The molecule has 0 aromatic heterocycles. The lowest BCUT2D eigenvalue weighted by molar-refractivity contribution is 0.584. The van der Waals surface area contributed by atoms with E-state index in [1.807, 2.05) is 6.07 Å². The highest BCUT2D eigenvalue weighted by Crippen LogP contribution is 2.41. The number of hydrogen-bond donors (Lipinski definition) is 0. The number of fused-ring (bicyclic) bond motifs is 3. The Morgan fingerprint density at radius 1 is 0.857 bits per heavy atom. The summed E-state index contributed by atoms with van der Waals surface area (Å²) >= 11 is 5.55. The summed E-state index contributed by atoms with van der Waals surface area (Å²) in [6.45, 7) is 2.18. The van der Waals surface area contributed by atoms with Crippen LogP contribution >= 0.6 is 11.6 Å². The van der Waals surface area contributed by atoms with Crippen LogP contribution in [0.2, 0.25) is 5.02 Å². The van der Waals surface area contributed by atoms with E-state index in [4.69, 9.17) is 11.6 Å². The molecule has 0 radical (unpaired) electrons. The van der Waals surface area contributed by atoms with Crippen LogP contribution in [0.3, 0.4) is 0 Å². The van der Waals surface area contributed by atoms with Crippen molar-refractivity contribution >= 4 is 11.6 Å². The third-order valence-corrected chi connectivity index (χ3v) is 5.80. The first-order chi connectivity index (χ1) is 13.5. The summed E-state index contributed by atoms with van der Waals surface area (Å²) in [7, 11) is 0. The number of halogens is 4. The average molecular weight is 401 g/mol. The molecule has 0 saturated carbocycles. The van der Waals surface area contributed by atoms with Gasteiger partial charge in [-0.15, -0.1) is 0 Å². The minimum Gasteiger partial charge on any atom is -0.206 e. The molecular formula is C24H20ClF3. The highest BCUT2D eigenvalue weighted by atomic mass is 35.5. The van der Waals surface area contributed by atoms with Gasteiger partial charge < -0.3 is 0 Å². The van der Waals surface area contributed by atoms with Crippen LogP contribution in [-0.4, -0.2) is 0 Å². The van der Waals surface area contributed by atoms with E-state index < -0.39 is 22.5 Å². The zero-order valence-corrected chi connectivity index (χ0v) is 16.3. The molecule has 0 saturated heterocycles. The van der Waals surface area contributed by atoms with Gasteiger partial charge in [-0.05, 0) is 52.8 Å². The minimum atomic E-state index is -0.892. The number of rotatable bonds is 5. The maximum Gasteiger partial charge on any atom is 0.145 e. The quantitative estimate of drug-likeness (QED) is 0.237. The Morgan fingerprint density at radius 3 is 2.25 bits per heavy atom. The fourth-order valence-corrected chi connectivity index (χ4v) is 4.07. The van der Waals surface area contributed by atoms with Crippen LogP contribution in [0.15, 0.2) is 42.5 Å². The summed E-state index contributed by atoms with van der Waals surface area (Å²) in [6, 6.07) is 11.9. The third kappa shape index (κ3) is 3.33. The first-order valence-electron chi connectivity index (χ1n) is 9.58. The van der Waals surface area contributed by atoms with Crippen molar-refractivity contribution in [2.24, 2.45) is 0 Å². The van der Waals surface area contributed by atoms with Crippen molar-refractivity contribution in [2.75, 3.05) is 0 Å². The summed E-state index contributed by atoms with van der Waals surface area (Å²) in [5, 5.41) is -0.576. The lowest BCUT2D eigenvalue weighted by Crippen LogP contribution is -1.94. The minimum absolute atomic E-state index is 0.149. The Bertz CT molecular complexity index is 1030. The van der Waals surface area contributed by atoms with Gasteiger partial charge in [-0.25, -0.2) is 13.2 Å². The Kier molecular flexibility index (Phi) is 5.20. The lowest BCUT2D eigenvalue weighted by Gasteiger charge is -2.10. The molecule has 0 nitrogen and oxygen atoms in total. The fraction of sp³-hybridized carbons (Fsp3) is 0.250. The van der Waals surface area contributed by atoms with Crippen LogP contribution in [0.4, 0.5) is 13.2 Å². The second-order valence-electron chi connectivity index (χ2n) is 7.33. The number of benzene rings is 3. The molecule has 0 N–H and O–H groups in total. The standard InChI is InChI=1S/C24H20ClF3/c1-2-3-4-5-14-6-7-17-15(10-14)11-20-19(17)9-8-18(24(20)28)16-12-21(26)23(25)22(27)13-16/h6-10,12-13H,2-5,11H2,1H3. The van der Waals surface area contributed by atoms with Crippen molar-refractivity contribution in [3.63, 3.8) is 0 Å². The fourth-order valence-electron chi connectivity index (χ4n) is 3.96. The van der Waals surface area contributed by atoms with Gasteiger partial charge in [-0.3, -0.25) is 0 Å². The average Bonchev–Trinajstić information content (AvgIpc) is 3.05. The summed E-state index contributed by atoms with van der Waals surface area (Å²) in [5.41, 5.74) is 5.17. The van der Waals surface area contributed by atoms with Crippen molar-refractivity contribution in [3.05, 3.63) is 81.6 Å². The van der Waals surface area contributed by atoms with Gasteiger partial charge in [-0.1, -0.05) is 61.7 Å². The van der Waals surface area contributed by atoms with E-state index in [2.05, 4.69) is 25.1 Å². The molecule has 3 aromatic carbocycles. The predicted octanol–water partition coefficient (Wildman–Crippen LogP) is 7.73. The first-order valence-corrected chi connectivity index (χ1v) is 9.96. The number of hydrogen-bond acceptors (Lipinski definition) is 0. The van der Waals surface area contributed by atoms with Gasteiger partial charge in [0.2, 0.25) is 0 Å². The molecule has 0 aliphatic heterocycles. The molecule has 4 rings (SSSR count). The van der Waals surface area contributed by atoms with Gasteiger partial charge in [0.1, 0.15) is 22.5 Å². The van der Waals surface area contributed by atoms with Gasteiger partial charge in [0, 0.05) is 17.5 Å². The van der Waals surface area contributed by atoms with Crippen LogP contribution in [-0.2, 0) is 12.8 Å². The molecule has 4 heteroatoms. The molecular weight excluding hydrogens is 381 g/mol. The Morgan fingerprint density at radius 2 is 1.54 bits per heavy atom. The predicted molar refractivity (Wildman–Crippen MR) is 108 cm³/mol. The summed E-state index contributed by atoms with van der Waals surface area (Å²) in [4.78, 5) is 0. The summed E-state index contributed by atoms with van der Waals surface area (Å²) in [6.07, 6.45) is 5.03. The zero-order valence-electron chi connectivity index (χ0n) is 15.6. The zero-order chi connectivity index (χ0) is 19.8. The summed E-state index contributed by atoms with van der Waals surface area (Å²) < 4.78 is 42.9. The molecule has 0 heterocycles. The smallest absolute Gasteiger partial charge is 0.145 e. The van der Waals surface area contributed by atoms with Crippen molar-refractivity contribution in [1.29, 1.82) is 0 Å². The van der Waals surface area contributed by atoms with Gasteiger partial charge >= 0.3 is 0 Å². The van der Waals surface area contributed by atoms with Crippen molar-refractivity contribution in [3.8, 4) is 22.3 Å². The van der Waals surface area contributed by atoms with Crippen LogP contribution in [0.5, 0.6) is 0 Å². The maximum atomic E-state index is 15.3. The van der Waals surface area contributed by atoms with Crippen molar-refractivity contribution in [1.82, 2.24) is 0 Å². The van der Waals surface area contributed by atoms with E-state index in [-0.39, 0.29) is 11.1 Å². The molecule has 1 aliphatic carbocycles. The SMILES string of the molecule is CCCCCc1ccc2c(c1)Cc1c-2ccc(-c2cc(F)c(Cl)c(F)c2)c1F. The van der Waals surface area contributed by atoms with Crippen molar-refractivity contribution < 1.29 is 13.2 Å². The second kappa shape index (κ2) is 7.63. The highest BCUT2D eigenvalue weighted by molar-refractivity contribution is 6.31. The van der Waals surface area contributed by atoms with E-state index in [1.165, 1.54) is 18.4 Å². The van der Waals surface area contributed by atoms with Crippen LogP contribution < -0.4 is 0 Å². The Hall–Kier alpha value is -2.26. The van der Waals surface area contributed by atoms with E-state index in [9.17, 15) is 8.78 Å². The number of aryl methyl sites for hydroxylation is 1. The Balaban J connectivity index is 1.70. The molecule has 0 amide bonds. The van der Waals surface area contributed by atoms with Crippen molar-refractivity contribution in [2.45, 2.75) is 39.0 Å². The van der Waals surface area contributed by atoms with Gasteiger partial charge in [0.25, 0.3) is 0 Å². The third-order valence-electron chi connectivity index (χ3n) is 5.43. The number of unbranched alkanes of at least 4 members (excludes halogenated alkanes) is 2. The van der Waals surface area contributed by atoms with Gasteiger partial charge in [0.15, 0.2) is 0 Å². The van der Waals surface area contributed by atoms with Gasteiger partial charge in [-0.2, -0.15) is 0 Å². The van der Waals surface area contributed by atoms with Crippen LogP contribution in [0.25, 0.3) is 22.3 Å². The topological polar surface area (TPSA) is 0 Å². The maximum absolute atomic E-state index is 15.3. The monoisotopic (exact) mass is 400 g/mol. The van der Waals surface area contributed by atoms with E-state index in [0.717, 1.165) is 41.7 Å². The first kappa shape index (κ1) is 19.1. The largest absolute Gasteiger partial charge is 0.206 e. The summed E-state index contributed by atoms with van der Waals surface area (Å²) in [5.74, 6) is -2.21. The van der Waals surface area contributed by atoms with Crippen LogP contribution in [0.1, 0.15) is 42.9 Å². The Labute approximate surface area is 168 Å². The molecule has 0 fully saturated rings. The molecule has 3 aromatic rings. The second-order valence-corrected chi connectivity index (χ2v) is 7.71. The molecule has 28 heavy (non-hydrogen) atoms.